The van der Waals surface area contributed by atoms with E-state index in [9.17, 15) is 10.1 Å². The second-order valence-electron chi connectivity index (χ2n) is 10.6. The van der Waals surface area contributed by atoms with Crippen LogP contribution in [-0.2, 0) is 11.2 Å². The number of ether oxygens (including phenoxy) is 1. The molecule has 1 amide bonds. The number of pyridine rings is 1. The Balaban J connectivity index is 0.000000309. The Kier molecular flexibility index (Phi) is 7.04. The highest BCUT2D eigenvalue weighted by atomic mass is 16.5. The molecule has 7 nitrogen and oxygen atoms in total. The van der Waals surface area contributed by atoms with Gasteiger partial charge in [-0.2, -0.15) is 5.26 Å². The zero-order valence-corrected chi connectivity index (χ0v) is 21.0. The standard InChI is InChI=1S/C19H16N4O2.C8H18O/c1-11-14(22-19(24)25)9-16-18(11)13-8-12(10-20)5-6-15(13)23(16)17-4-2-3-7-21-17;1-7(2,3)9-8(4,5)6/h2-8,11,14,22H,9H2,1H3,(H,24,25);1-6H3. The first kappa shape index (κ1) is 25.3. The number of carbonyl (C=O) groups is 1. The second kappa shape index (κ2) is 9.47. The number of nitriles is 1. The molecule has 4 rings (SSSR count). The monoisotopic (exact) mass is 462 g/mol. The molecule has 0 fully saturated rings. The van der Waals surface area contributed by atoms with Crippen molar-refractivity contribution >= 4 is 17.0 Å². The first-order valence-corrected chi connectivity index (χ1v) is 11.5. The Labute approximate surface area is 201 Å². The molecular formula is C27H34N4O3. The summed E-state index contributed by atoms with van der Waals surface area (Å²) >= 11 is 0. The minimum Gasteiger partial charge on any atom is -0.465 e. The fourth-order valence-electron chi connectivity index (χ4n) is 4.73. The van der Waals surface area contributed by atoms with Crippen LogP contribution in [0.15, 0.2) is 42.6 Å². The van der Waals surface area contributed by atoms with Gasteiger partial charge in [-0.1, -0.05) is 13.0 Å². The lowest BCUT2D eigenvalue weighted by atomic mass is 9.98. The van der Waals surface area contributed by atoms with Gasteiger partial charge in [0.1, 0.15) is 5.82 Å². The van der Waals surface area contributed by atoms with Crippen molar-refractivity contribution in [3.63, 3.8) is 0 Å². The molecule has 180 valence electrons. The van der Waals surface area contributed by atoms with Crippen molar-refractivity contribution in [2.24, 2.45) is 0 Å². The summed E-state index contributed by atoms with van der Waals surface area (Å²) in [6, 6.07) is 13.3. The molecule has 0 radical (unpaired) electrons. The van der Waals surface area contributed by atoms with Crippen molar-refractivity contribution in [3.05, 3.63) is 59.4 Å². The van der Waals surface area contributed by atoms with Gasteiger partial charge in [-0.15, -0.1) is 0 Å². The van der Waals surface area contributed by atoms with Crippen molar-refractivity contribution < 1.29 is 14.6 Å². The average Bonchev–Trinajstić information content (AvgIpc) is 3.19. The third-order valence-corrected chi connectivity index (χ3v) is 5.51. The van der Waals surface area contributed by atoms with E-state index in [1.165, 1.54) is 0 Å². The summed E-state index contributed by atoms with van der Waals surface area (Å²) in [4.78, 5) is 15.6. The summed E-state index contributed by atoms with van der Waals surface area (Å²) in [6.45, 7) is 14.4. The fourth-order valence-corrected chi connectivity index (χ4v) is 4.73. The molecule has 1 aliphatic rings. The molecule has 2 N–H and O–H groups in total. The van der Waals surface area contributed by atoms with Gasteiger partial charge in [0.15, 0.2) is 0 Å². The Morgan fingerprint density at radius 2 is 1.85 bits per heavy atom. The van der Waals surface area contributed by atoms with Crippen LogP contribution < -0.4 is 5.32 Å². The van der Waals surface area contributed by atoms with Crippen LogP contribution in [0.3, 0.4) is 0 Å². The predicted octanol–water partition coefficient (Wildman–Crippen LogP) is 5.79. The van der Waals surface area contributed by atoms with Gasteiger partial charge < -0.3 is 15.2 Å². The predicted molar refractivity (Wildman–Crippen MR) is 133 cm³/mol. The SMILES string of the molecule is CC(C)(C)OC(C)(C)C.CC1c2c(n(-c3ccccn3)c3ccc(C#N)cc23)CC1NC(=O)O. The highest BCUT2D eigenvalue weighted by Gasteiger charge is 2.36. The molecule has 1 aliphatic carbocycles. The second-order valence-corrected chi connectivity index (χ2v) is 10.6. The molecule has 0 bridgehead atoms. The number of fused-ring (bicyclic) bond motifs is 3. The molecular weight excluding hydrogens is 428 g/mol. The van der Waals surface area contributed by atoms with Gasteiger partial charge in [0.05, 0.1) is 28.4 Å². The molecule has 34 heavy (non-hydrogen) atoms. The average molecular weight is 463 g/mol. The summed E-state index contributed by atoms with van der Waals surface area (Å²) < 4.78 is 7.70. The molecule has 3 aromatic rings. The lowest BCUT2D eigenvalue weighted by Crippen LogP contribution is -2.36. The highest BCUT2D eigenvalue weighted by Crippen LogP contribution is 2.42. The minimum atomic E-state index is -1.02. The maximum atomic E-state index is 11.1. The summed E-state index contributed by atoms with van der Waals surface area (Å²) in [5.74, 6) is 0.814. The van der Waals surface area contributed by atoms with E-state index in [0.717, 1.165) is 28.0 Å². The number of aromatic nitrogens is 2. The molecule has 0 spiro atoms. The summed E-state index contributed by atoms with van der Waals surface area (Å²) in [5, 5.41) is 22.0. The molecule has 0 saturated heterocycles. The van der Waals surface area contributed by atoms with Gasteiger partial charge in [0, 0.05) is 35.7 Å². The van der Waals surface area contributed by atoms with E-state index in [-0.39, 0.29) is 23.2 Å². The first-order chi connectivity index (χ1) is 15.8. The zero-order valence-electron chi connectivity index (χ0n) is 21.0. The lowest BCUT2D eigenvalue weighted by Gasteiger charge is -2.30. The molecule has 2 atom stereocenters. The van der Waals surface area contributed by atoms with Crippen LogP contribution in [0.2, 0.25) is 0 Å². The van der Waals surface area contributed by atoms with Crippen molar-refractivity contribution in [2.45, 2.75) is 78.0 Å². The van der Waals surface area contributed by atoms with Gasteiger partial charge in [-0.3, -0.25) is 4.57 Å². The van der Waals surface area contributed by atoms with E-state index in [1.54, 1.807) is 12.3 Å². The number of hydrogen-bond donors (Lipinski definition) is 2. The number of amides is 1. The summed E-state index contributed by atoms with van der Waals surface area (Å²) in [5.41, 5.74) is 3.70. The zero-order chi connectivity index (χ0) is 25.3. The van der Waals surface area contributed by atoms with Crippen LogP contribution in [0.4, 0.5) is 4.79 Å². The fraction of sp³-hybridized carbons (Fsp3) is 0.444. The number of carboxylic acid groups (broad SMARTS) is 1. The third kappa shape index (κ3) is 5.75. The van der Waals surface area contributed by atoms with E-state index in [1.807, 2.05) is 37.3 Å². The maximum Gasteiger partial charge on any atom is 0.404 e. The molecule has 2 unspecified atom stereocenters. The molecule has 0 aliphatic heterocycles. The van der Waals surface area contributed by atoms with E-state index in [4.69, 9.17) is 9.84 Å². The quantitative estimate of drug-likeness (QED) is 0.502. The van der Waals surface area contributed by atoms with Gasteiger partial charge in [0.25, 0.3) is 0 Å². The Morgan fingerprint density at radius 3 is 2.35 bits per heavy atom. The largest absolute Gasteiger partial charge is 0.465 e. The van der Waals surface area contributed by atoms with E-state index in [0.29, 0.717) is 12.0 Å². The van der Waals surface area contributed by atoms with Gasteiger partial charge in [-0.05, 0) is 77.4 Å². The van der Waals surface area contributed by atoms with E-state index >= 15 is 0 Å². The van der Waals surface area contributed by atoms with Crippen molar-refractivity contribution in [3.8, 4) is 11.9 Å². The van der Waals surface area contributed by atoms with Crippen LogP contribution in [0.1, 0.15) is 71.2 Å². The van der Waals surface area contributed by atoms with Crippen LogP contribution in [0.25, 0.3) is 16.7 Å². The Hall–Kier alpha value is -3.37. The van der Waals surface area contributed by atoms with Crippen molar-refractivity contribution in [2.75, 3.05) is 0 Å². The van der Waals surface area contributed by atoms with Crippen molar-refractivity contribution in [1.29, 1.82) is 5.26 Å². The van der Waals surface area contributed by atoms with E-state index in [2.05, 4.69) is 62.5 Å². The molecule has 0 saturated carbocycles. The van der Waals surface area contributed by atoms with Gasteiger partial charge in [-0.25, -0.2) is 9.78 Å². The lowest BCUT2D eigenvalue weighted by molar-refractivity contribution is -0.102. The Bertz CT molecular complexity index is 1200. The maximum absolute atomic E-state index is 11.1. The molecule has 2 heterocycles. The van der Waals surface area contributed by atoms with Gasteiger partial charge >= 0.3 is 6.09 Å². The topological polar surface area (TPSA) is 100 Å². The van der Waals surface area contributed by atoms with Crippen molar-refractivity contribution in [1.82, 2.24) is 14.9 Å². The number of benzene rings is 1. The first-order valence-electron chi connectivity index (χ1n) is 11.5. The molecule has 2 aromatic heterocycles. The Morgan fingerprint density at radius 1 is 1.18 bits per heavy atom. The molecule has 7 heteroatoms. The minimum absolute atomic E-state index is 0.0156. The van der Waals surface area contributed by atoms with Crippen LogP contribution >= 0.6 is 0 Å². The van der Waals surface area contributed by atoms with Gasteiger partial charge in [0.2, 0.25) is 0 Å². The molecule has 1 aromatic carbocycles. The van der Waals surface area contributed by atoms with Crippen LogP contribution in [-0.4, -0.2) is 38.0 Å². The number of nitrogens with zero attached hydrogens (tertiary/aromatic N) is 3. The van der Waals surface area contributed by atoms with Crippen LogP contribution in [0.5, 0.6) is 0 Å². The number of hydrogen-bond acceptors (Lipinski definition) is 4. The summed E-state index contributed by atoms with van der Waals surface area (Å²) in [6.07, 6.45) is 1.31. The normalized spacial score (nSPS) is 17.5. The highest BCUT2D eigenvalue weighted by molar-refractivity contribution is 5.90. The summed E-state index contributed by atoms with van der Waals surface area (Å²) in [7, 11) is 0. The van der Waals surface area contributed by atoms with E-state index < -0.39 is 6.09 Å². The smallest absolute Gasteiger partial charge is 0.404 e. The van der Waals surface area contributed by atoms with Crippen LogP contribution in [0, 0.1) is 11.3 Å². The number of rotatable bonds is 2. The number of nitrogens with one attached hydrogen (secondary N) is 1. The third-order valence-electron chi connectivity index (χ3n) is 5.51.